The largest absolute Gasteiger partial charge is 0.508 e. The van der Waals surface area contributed by atoms with Crippen LogP contribution >= 0.6 is 0 Å². The number of phenolic OH excluding ortho intramolecular Hbond substituents is 1. The third kappa shape index (κ3) is 2.52. The first-order valence-electron chi connectivity index (χ1n) is 5.80. The van der Waals surface area contributed by atoms with Gasteiger partial charge in [-0.1, -0.05) is 18.2 Å². The number of nitrogen functional groups attached to an aromatic ring is 1. The average Bonchev–Trinajstić information content (AvgIpc) is 2.71. The van der Waals surface area contributed by atoms with Crippen molar-refractivity contribution in [3.8, 4) is 5.75 Å². The van der Waals surface area contributed by atoms with Gasteiger partial charge >= 0.3 is 0 Å². The van der Waals surface area contributed by atoms with Crippen molar-refractivity contribution >= 4 is 11.6 Å². The molecule has 0 bridgehead atoms. The molecule has 1 amide bonds. The molecule has 2 aromatic rings. The molecule has 1 aromatic carbocycles. The lowest BCUT2D eigenvalue weighted by Crippen LogP contribution is -2.28. The van der Waals surface area contributed by atoms with E-state index < -0.39 is 0 Å². The maximum atomic E-state index is 12.3. The Bertz CT molecular complexity index is 587. The monoisotopic (exact) mass is 260 g/mol. The first-order valence-corrected chi connectivity index (χ1v) is 5.80. The molecule has 0 unspecified atom stereocenters. The van der Waals surface area contributed by atoms with Crippen LogP contribution < -0.4 is 5.73 Å². The zero-order chi connectivity index (χ0) is 14.0. The van der Waals surface area contributed by atoms with Gasteiger partial charge in [-0.2, -0.15) is 5.10 Å². The van der Waals surface area contributed by atoms with Crippen molar-refractivity contribution < 1.29 is 9.90 Å². The van der Waals surface area contributed by atoms with Crippen LogP contribution in [0.15, 0.2) is 30.5 Å². The summed E-state index contributed by atoms with van der Waals surface area (Å²) in [6, 6.07) is 6.91. The first kappa shape index (κ1) is 12.9. The van der Waals surface area contributed by atoms with Crippen molar-refractivity contribution in [2.45, 2.75) is 6.54 Å². The normalized spacial score (nSPS) is 10.4. The molecule has 1 heterocycles. The summed E-state index contributed by atoms with van der Waals surface area (Å²) in [7, 11) is 3.32. The molecule has 0 fully saturated rings. The fraction of sp³-hybridized carbons (Fsp3) is 0.231. The lowest BCUT2D eigenvalue weighted by atomic mass is 10.2. The van der Waals surface area contributed by atoms with Crippen LogP contribution in [-0.4, -0.2) is 32.7 Å². The van der Waals surface area contributed by atoms with Crippen LogP contribution in [0, 0.1) is 0 Å². The van der Waals surface area contributed by atoms with Crippen molar-refractivity contribution in [2.75, 3.05) is 12.8 Å². The van der Waals surface area contributed by atoms with E-state index in [-0.39, 0.29) is 11.7 Å². The Morgan fingerprint density at radius 1 is 1.47 bits per heavy atom. The lowest BCUT2D eigenvalue weighted by molar-refractivity contribution is 0.0774. The van der Waals surface area contributed by atoms with Crippen LogP contribution in [-0.2, 0) is 13.6 Å². The molecule has 0 saturated heterocycles. The Labute approximate surface area is 111 Å². The van der Waals surface area contributed by atoms with Gasteiger partial charge in [0.1, 0.15) is 11.4 Å². The second-order valence-corrected chi connectivity index (χ2v) is 4.36. The highest BCUT2D eigenvalue weighted by Crippen LogP contribution is 2.19. The number of rotatable bonds is 3. The summed E-state index contributed by atoms with van der Waals surface area (Å²) < 4.78 is 1.44. The summed E-state index contributed by atoms with van der Waals surface area (Å²) in [4.78, 5) is 13.8. The Hall–Kier alpha value is -2.50. The number of aromatic nitrogens is 2. The third-order valence-corrected chi connectivity index (χ3v) is 2.92. The van der Waals surface area contributed by atoms with E-state index in [4.69, 9.17) is 5.73 Å². The van der Waals surface area contributed by atoms with Gasteiger partial charge in [-0.15, -0.1) is 0 Å². The predicted octanol–water partition coefficient (Wildman–Crippen LogP) is 0.980. The van der Waals surface area contributed by atoms with Gasteiger partial charge in [-0.3, -0.25) is 9.48 Å². The van der Waals surface area contributed by atoms with Gasteiger partial charge in [-0.25, -0.2) is 0 Å². The van der Waals surface area contributed by atoms with Gasteiger partial charge in [0.05, 0.1) is 11.9 Å². The van der Waals surface area contributed by atoms with Crippen LogP contribution in [0.25, 0.3) is 0 Å². The number of aromatic hydroxyl groups is 1. The summed E-state index contributed by atoms with van der Waals surface area (Å²) in [5.41, 5.74) is 7.09. The van der Waals surface area contributed by atoms with Gasteiger partial charge in [-0.05, 0) is 6.07 Å². The fourth-order valence-electron chi connectivity index (χ4n) is 1.87. The highest BCUT2D eigenvalue weighted by molar-refractivity contribution is 5.97. The number of nitrogens with zero attached hydrogens (tertiary/aromatic N) is 3. The van der Waals surface area contributed by atoms with E-state index >= 15 is 0 Å². The highest BCUT2D eigenvalue weighted by atomic mass is 16.3. The number of benzene rings is 1. The molecule has 0 saturated carbocycles. The second kappa shape index (κ2) is 5.01. The second-order valence-electron chi connectivity index (χ2n) is 4.36. The van der Waals surface area contributed by atoms with E-state index in [9.17, 15) is 9.90 Å². The number of aryl methyl sites for hydroxylation is 1. The number of carbonyl (C=O) groups is 1. The Morgan fingerprint density at radius 3 is 2.74 bits per heavy atom. The van der Waals surface area contributed by atoms with Crippen molar-refractivity contribution in [2.24, 2.45) is 7.05 Å². The van der Waals surface area contributed by atoms with Gasteiger partial charge in [0, 0.05) is 26.2 Å². The summed E-state index contributed by atoms with van der Waals surface area (Å²) in [5, 5.41) is 13.6. The van der Waals surface area contributed by atoms with Crippen LogP contribution in [0.5, 0.6) is 5.75 Å². The van der Waals surface area contributed by atoms with Gasteiger partial charge in [0.2, 0.25) is 0 Å². The quantitative estimate of drug-likeness (QED) is 0.861. The Kier molecular flexibility index (Phi) is 3.41. The van der Waals surface area contributed by atoms with Gasteiger partial charge in [0.25, 0.3) is 5.91 Å². The minimum absolute atomic E-state index is 0.167. The van der Waals surface area contributed by atoms with E-state index in [1.165, 1.54) is 15.8 Å². The number of hydrogen-bond donors (Lipinski definition) is 2. The Morgan fingerprint density at radius 2 is 2.16 bits per heavy atom. The number of para-hydroxylation sites is 1. The van der Waals surface area contributed by atoms with Crippen LogP contribution in [0.2, 0.25) is 0 Å². The molecule has 6 nitrogen and oxygen atoms in total. The number of phenols is 1. The SMILES string of the molecule is CN(Cc1ccccc1O)C(=O)c1c(N)cnn1C. The first-order chi connectivity index (χ1) is 9.00. The fourth-order valence-corrected chi connectivity index (χ4v) is 1.87. The number of carbonyl (C=O) groups excluding carboxylic acids is 1. The average molecular weight is 260 g/mol. The molecule has 0 radical (unpaired) electrons. The van der Waals surface area contributed by atoms with Crippen LogP contribution in [0.1, 0.15) is 16.1 Å². The van der Waals surface area contributed by atoms with E-state index in [2.05, 4.69) is 5.10 Å². The minimum atomic E-state index is -0.235. The number of hydrogen-bond acceptors (Lipinski definition) is 4. The zero-order valence-electron chi connectivity index (χ0n) is 10.9. The summed E-state index contributed by atoms with van der Waals surface area (Å²) in [5.74, 6) is -0.0686. The van der Waals surface area contributed by atoms with Crippen LogP contribution in [0.4, 0.5) is 5.69 Å². The molecule has 0 atom stereocenters. The summed E-state index contributed by atoms with van der Waals surface area (Å²) >= 11 is 0. The molecular formula is C13H16N4O2. The summed E-state index contributed by atoms with van der Waals surface area (Å²) in [6.45, 7) is 0.302. The molecule has 3 N–H and O–H groups in total. The molecule has 19 heavy (non-hydrogen) atoms. The van der Waals surface area contributed by atoms with Crippen molar-refractivity contribution in [1.82, 2.24) is 14.7 Å². The van der Waals surface area contributed by atoms with Crippen LogP contribution in [0.3, 0.4) is 0 Å². The van der Waals surface area contributed by atoms with E-state index in [1.54, 1.807) is 32.3 Å². The standard InChI is InChI=1S/C13H16N4O2/c1-16(8-9-5-3-4-6-11(9)18)13(19)12-10(14)7-15-17(12)2/h3-7,18H,8,14H2,1-2H3. The van der Waals surface area contributed by atoms with E-state index in [0.29, 0.717) is 23.5 Å². The number of nitrogens with two attached hydrogens (primary N) is 1. The Balaban J connectivity index is 2.19. The molecule has 0 aliphatic carbocycles. The number of amides is 1. The van der Waals surface area contributed by atoms with Gasteiger partial charge in [0.15, 0.2) is 0 Å². The maximum Gasteiger partial charge on any atom is 0.274 e. The molecule has 6 heteroatoms. The molecule has 0 aliphatic rings. The molecule has 0 aliphatic heterocycles. The van der Waals surface area contributed by atoms with Gasteiger partial charge < -0.3 is 15.7 Å². The highest BCUT2D eigenvalue weighted by Gasteiger charge is 2.19. The molecule has 2 rings (SSSR count). The van der Waals surface area contributed by atoms with E-state index in [0.717, 1.165) is 0 Å². The molecule has 100 valence electrons. The maximum absolute atomic E-state index is 12.3. The predicted molar refractivity (Wildman–Crippen MR) is 71.5 cm³/mol. The van der Waals surface area contributed by atoms with E-state index in [1.807, 2.05) is 6.07 Å². The zero-order valence-corrected chi connectivity index (χ0v) is 10.9. The molecular weight excluding hydrogens is 244 g/mol. The van der Waals surface area contributed by atoms with Crippen molar-refractivity contribution in [3.63, 3.8) is 0 Å². The lowest BCUT2D eigenvalue weighted by Gasteiger charge is -2.18. The molecule has 0 spiro atoms. The van der Waals surface area contributed by atoms with Crippen molar-refractivity contribution in [3.05, 3.63) is 41.7 Å². The minimum Gasteiger partial charge on any atom is -0.508 e. The summed E-state index contributed by atoms with van der Waals surface area (Å²) in [6.07, 6.45) is 1.45. The topological polar surface area (TPSA) is 84.4 Å². The third-order valence-electron chi connectivity index (χ3n) is 2.92. The molecule has 1 aromatic heterocycles. The van der Waals surface area contributed by atoms with Crippen molar-refractivity contribution in [1.29, 1.82) is 0 Å². The number of anilines is 1. The smallest absolute Gasteiger partial charge is 0.274 e.